The van der Waals surface area contributed by atoms with E-state index in [1.54, 1.807) is 19.1 Å². The second kappa shape index (κ2) is 6.94. The number of carbonyl (C=O) groups is 1. The molecule has 1 aromatic carbocycles. The third kappa shape index (κ3) is 3.87. The topological polar surface area (TPSA) is 95.5 Å². The maximum absolute atomic E-state index is 11.6. The van der Waals surface area contributed by atoms with Crippen molar-refractivity contribution in [2.45, 2.75) is 19.6 Å². The summed E-state index contributed by atoms with van der Waals surface area (Å²) in [5, 5.41) is 8.94. The highest BCUT2D eigenvalue weighted by Gasteiger charge is 2.24. The summed E-state index contributed by atoms with van der Waals surface area (Å²) in [6.45, 7) is 4.41. The van der Waals surface area contributed by atoms with Crippen molar-refractivity contribution >= 4 is 5.97 Å². The van der Waals surface area contributed by atoms with Crippen LogP contribution in [-0.2, 0) is 11.3 Å². The Morgan fingerprint density at radius 1 is 1.42 bits per heavy atom. The third-order valence-corrected chi connectivity index (χ3v) is 3.95. The number of hydrogen-bond donors (Lipinski definition) is 2. The molecule has 1 aliphatic heterocycles. The zero-order valence-electron chi connectivity index (χ0n) is 13.4. The molecule has 3 rings (SSSR count). The lowest BCUT2D eigenvalue weighted by molar-refractivity contribution is -0.0374. The Bertz CT molecular complexity index is 785. The summed E-state index contributed by atoms with van der Waals surface area (Å²) < 4.78 is 5.74. The smallest absolute Gasteiger partial charge is 0.335 e. The summed E-state index contributed by atoms with van der Waals surface area (Å²) in [6, 6.07) is 8.31. The molecular weight excluding hydrogens is 310 g/mol. The molecule has 2 N–H and O–H groups in total. The number of aryl methyl sites for hydroxylation is 1. The highest BCUT2D eigenvalue weighted by molar-refractivity contribution is 5.87. The first-order valence-electron chi connectivity index (χ1n) is 7.75. The zero-order valence-corrected chi connectivity index (χ0v) is 13.4. The molecule has 2 aromatic rings. The van der Waals surface area contributed by atoms with Crippen LogP contribution in [0.15, 0.2) is 35.1 Å². The van der Waals surface area contributed by atoms with Crippen molar-refractivity contribution in [3.05, 3.63) is 63.3 Å². The maximum Gasteiger partial charge on any atom is 0.335 e. The Kier molecular flexibility index (Phi) is 4.73. The predicted octanol–water partition coefficient (Wildman–Crippen LogP) is 1.35. The summed E-state index contributed by atoms with van der Waals surface area (Å²) in [5.74, 6) is -0.381. The molecule has 0 saturated carbocycles. The van der Waals surface area contributed by atoms with Crippen LogP contribution in [0.2, 0.25) is 0 Å². The zero-order chi connectivity index (χ0) is 17.1. The molecular formula is C17H19N3O4. The number of hydrogen-bond acceptors (Lipinski definition) is 5. The van der Waals surface area contributed by atoms with E-state index in [9.17, 15) is 9.59 Å². The van der Waals surface area contributed by atoms with Gasteiger partial charge in [-0.2, -0.15) is 0 Å². The average Bonchev–Trinajstić information content (AvgIpc) is 2.55. The lowest BCUT2D eigenvalue weighted by Crippen LogP contribution is -2.39. The van der Waals surface area contributed by atoms with Gasteiger partial charge in [0.05, 0.1) is 12.2 Å². The molecule has 1 aliphatic rings. The molecule has 0 bridgehead atoms. The molecule has 1 saturated heterocycles. The van der Waals surface area contributed by atoms with Crippen molar-refractivity contribution in [3.63, 3.8) is 0 Å². The third-order valence-electron chi connectivity index (χ3n) is 3.95. The second-order valence-corrected chi connectivity index (χ2v) is 5.87. The quantitative estimate of drug-likeness (QED) is 0.879. The molecule has 0 aliphatic carbocycles. The molecule has 7 nitrogen and oxygen atoms in total. The number of carboxylic acid groups (broad SMARTS) is 1. The number of aromatic amines is 1. The van der Waals surface area contributed by atoms with E-state index < -0.39 is 5.97 Å². The largest absolute Gasteiger partial charge is 0.478 e. The van der Waals surface area contributed by atoms with Gasteiger partial charge < -0.3 is 14.8 Å². The van der Waals surface area contributed by atoms with Crippen molar-refractivity contribution in [1.29, 1.82) is 0 Å². The van der Waals surface area contributed by atoms with Gasteiger partial charge >= 0.3 is 5.97 Å². The van der Waals surface area contributed by atoms with E-state index in [1.807, 2.05) is 12.1 Å². The van der Waals surface area contributed by atoms with E-state index in [-0.39, 0.29) is 17.2 Å². The summed E-state index contributed by atoms with van der Waals surface area (Å²) in [5.41, 5.74) is 1.80. The highest BCUT2D eigenvalue weighted by Crippen LogP contribution is 2.20. The van der Waals surface area contributed by atoms with Gasteiger partial charge in [-0.3, -0.25) is 9.69 Å². The number of H-pyrrole nitrogens is 1. The lowest BCUT2D eigenvalue weighted by atomic mass is 10.1. The number of carboxylic acids is 1. The van der Waals surface area contributed by atoms with Gasteiger partial charge in [0, 0.05) is 31.4 Å². The van der Waals surface area contributed by atoms with Crippen molar-refractivity contribution in [1.82, 2.24) is 14.9 Å². The molecule has 126 valence electrons. The van der Waals surface area contributed by atoms with Crippen LogP contribution in [-0.4, -0.2) is 45.6 Å². The standard InChI is InChI=1S/C17H19N3O4/c1-11-8-15(21)19-16(18-11)14-10-20(6-7-24-14)9-12-2-4-13(5-3-12)17(22)23/h2-5,8,14H,6-7,9-10H2,1H3,(H,22,23)(H,18,19,21). The Morgan fingerprint density at radius 3 is 2.83 bits per heavy atom. The van der Waals surface area contributed by atoms with E-state index >= 15 is 0 Å². The Morgan fingerprint density at radius 2 is 2.17 bits per heavy atom. The summed E-state index contributed by atoms with van der Waals surface area (Å²) in [7, 11) is 0. The minimum absolute atomic E-state index is 0.178. The van der Waals surface area contributed by atoms with Gasteiger partial charge in [0.15, 0.2) is 0 Å². The number of aromatic nitrogens is 2. The van der Waals surface area contributed by atoms with E-state index in [0.717, 1.165) is 12.1 Å². The van der Waals surface area contributed by atoms with Crippen molar-refractivity contribution in [2.24, 2.45) is 0 Å². The predicted molar refractivity (Wildman–Crippen MR) is 87.0 cm³/mol. The molecule has 1 fully saturated rings. The Hall–Kier alpha value is -2.51. The van der Waals surface area contributed by atoms with Gasteiger partial charge in [-0.1, -0.05) is 12.1 Å². The van der Waals surface area contributed by atoms with Crippen molar-refractivity contribution in [3.8, 4) is 0 Å². The van der Waals surface area contributed by atoms with Gasteiger partial charge in [0.1, 0.15) is 11.9 Å². The number of aromatic carboxylic acids is 1. The van der Waals surface area contributed by atoms with Crippen LogP contribution >= 0.6 is 0 Å². The van der Waals surface area contributed by atoms with Crippen LogP contribution in [0.1, 0.15) is 33.5 Å². The van der Waals surface area contributed by atoms with Crippen LogP contribution in [0, 0.1) is 6.92 Å². The summed E-state index contributed by atoms with van der Waals surface area (Å²) in [4.78, 5) is 31.8. The number of nitrogens with one attached hydrogen (secondary N) is 1. The minimum Gasteiger partial charge on any atom is -0.478 e. The number of benzene rings is 1. The van der Waals surface area contributed by atoms with E-state index in [0.29, 0.717) is 31.2 Å². The molecule has 0 spiro atoms. The normalized spacial score (nSPS) is 18.5. The van der Waals surface area contributed by atoms with Crippen molar-refractivity contribution < 1.29 is 14.6 Å². The first kappa shape index (κ1) is 16.4. The second-order valence-electron chi connectivity index (χ2n) is 5.87. The number of morpholine rings is 1. The van der Waals surface area contributed by atoms with Gasteiger partial charge in [0.25, 0.3) is 5.56 Å². The van der Waals surface area contributed by atoms with Crippen LogP contribution in [0.4, 0.5) is 0 Å². The fourth-order valence-corrected chi connectivity index (χ4v) is 2.78. The molecule has 1 atom stereocenters. The molecule has 1 unspecified atom stereocenters. The fraction of sp³-hybridized carbons (Fsp3) is 0.353. The van der Waals surface area contributed by atoms with E-state index in [4.69, 9.17) is 9.84 Å². The molecule has 24 heavy (non-hydrogen) atoms. The molecule has 1 aromatic heterocycles. The summed E-state index contributed by atoms with van der Waals surface area (Å²) in [6.07, 6.45) is -0.273. The fourth-order valence-electron chi connectivity index (χ4n) is 2.78. The molecule has 2 heterocycles. The first-order valence-corrected chi connectivity index (χ1v) is 7.75. The number of nitrogens with zero attached hydrogens (tertiary/aromatic N) is 2. The Balaban J connectivity index is 1.69. The van der Waals surface area contributed by atoms with Gasteiger partial charge in [0.2, 0.25) is 0 Å². The van der Waals surface area contributed by atoms with E-state index in [1.165, 1.54) is 6.07 Å². The monoisotopic (exact) mass is 329 g/mol. The lowest BCUT2D eigenvalue weighted by Gasteiger charge is -2.32. The number of ether oxygens (including phenoxy) is 1. The Labute approximate surface area is 138 Å². The first-order chi connectivity index (χ1) is 11.5. The van der Waals surface area contributed by atoms with Crippen LogP contribution in [0.25, 0.3) is 0 Å². The van der Waals surface area contributed by atoms with Crippen LogP contribution in [0.3, 0.4) is 0 Å². The van der Waals surface area contributed by atoms with Crippen molar-refractivity contribution in [2.75, 3.05) is 19.7 Å². The van der Waals surface area contributed by atoms with Crippen LogP contribution < -0.4 is 5.56 Å². The van der Waals surface area contributed by atoms with Gasteiger partial charge in [-0.25, -0.2) is 9.78 Å². The molecule has 0 radical (unpaired) electrons. The van der Waals surface area contributed by atoms with Gasteiger partial charge in [-0.15, -0.1) is 0 Å². The highest BCUT2D eigenvalue weighted by atomic mass is 16.5. The van der Waals surface area contributed by atoms with E-state index in [2.05, 4.69) is 14.9 Å². The molecule has 0 amide bonds. The number of rotatable bonds is 4. The average molecular weight is 329 g/mol. The SMILES string of the molecule is Cc1cc(=O)[nH]c(C2CN(Cc3ccc(C(=O)O)cc3)CCO2)n1. The van der Waals surface area contributed by atoms with Crippen LogP contribution in [0.5, 0.6) is 0 Å². The minimum atomic E-state index is -0.928. The van der Waals surface area contributed by atoms with Gasteiger partial charge in [-0.05, 0) is 24.6 Å². The maximum atomic E-state index is 11.6. The summed E-state index contributed by atoms with van der Waals surface area (Å²) >= 11 is 0. The molecule has 7 heteroatoms.